The Bertz CT molecular complexity index is 757. The Labute approximate surface area is 152 Å². The van der Waals surface area contributed by atoms with Crippen molar-refractivity contribution in [3.8, 4) is 11.5 Å². The quantitative estimate of drug-likeness (QED) is 0.445. The zero-order valence-corrected chi connectivity index (χ0v) is 15.2. The van der Waals surface area contributed by atoms with Crippen LogP contribution in [0.4, 0.5) is 5.69 Å². The average Bonchev–Trinajstić information content (AvgIpc) is 2.56. The van der Waals surface area contributed by atoms with Gasteiger partial charge in [-0.2, -0.15) is 0 Å². The summed E-state index contributed by atoms with van der Waals surface area (Å²) in [6.45, 7) is 8.34. The van der Waals surface area contributed by atoms with E-state index in [0.717, 1.165) is 16.8 Å². The molecule has 0 heterocycles. The summed E-state index contributed by atoms with van der Waals surface area (Å²) in [6, 6.07) is 9.24. The second kappa shape index (κ2) is 8.76. The summed E-state index contributed by atoms with van der Waals surface area (Å²) in [6.07, 6.45) is 3.38. The molecule has 0 aliphatic heterocycles. The SMILES string of the molecule is C=CCOc1c(Cl)cc(C=Nc2cccc(Cl)c2C)cc1OCC. The molecule has 0 aromatic heterocycles. The molecular formula is C19H19Cl2NO2. The lowest BCUT2D eigenvalue weighted by atomic mass is 10.2. The molecule has 0 aliphatic carbocycles. The molecule has 2 rings (SSSR count). The summed E-state index contributed by atoms with van der Waals surface area (Å²) >= 11 is 12.4. The molecule has 0 amide bonds. The van der Waals surface area contributed by atoms with E-state index in [2.05, 4.69) is 11.6 Å². The third-order valence-corrected chi connectivity index (χ3v) is 3.96. The maximum absolute atomic E-state index is 6.32. The number of benzene rings is 2. The molecule has 0 aliphatic rings. The summed E-state index contributed by atoms with van der Waals surface area (Å²) < 4.78 is 11.2. The van der Waals surface area contributed by atoms with Gasteiger partial charge in [0.15, 0.2) is 11.5 Å². The van der Waals surface area contributed by atoms with Gasteiger partial charge in [-0.05, 0) is 49.2 Å². The Morgan fingerprint density at radius 2 is 1.96 bits per heavy atom. The maximum Gasteiger partial charge on any atom is 0.180 e. The van der Waals surface area contributed by atoms with Gasteiger partial charge in [-0.25, -0.2) is 0 Å². The normalized spacial score (nSPS) is 10.8. The van der Waals surface area contributed by atoms with E-state index in [1.54, 1.807) is 18.4 Å². The fraction of sp³-hybridized carbons (Fsp3) is 0.211. The van der Waals surface area contributed by atoms with E-state index in [0.29, 0.717) is 34.8 Å². The fourth-order valence-corrected chi connectivity index (χ4v) is 2.53. The molecule has 0 saturated heterocycles. The van der Waals surface area contributed by atoms with E-state index < -0.39 is 0 Å². The summed E-state index contributed by atoms with van der Waals surface area (Å²) in [5, 5.41) is 1.15. The Morgan fingerprint density at radius 3 is 2.67 bits per heavy atom. The minimum atomic E-state index is 0.356. The van der Waals surface area contributed by atoms with Gasteiger partial charge in [-0.15, -0.1) is 0 Å². The third-order valence-electron chi connectivity index (χ3n) is 3.27. The number of nitrogens with zero attached hydrogens (tertiary/aromatic N) is 1. The predicted octanol–water partition coefficient (Wildman–Crippen LogP) is 6.02. The Morgan fingerprint density at radius 1 is 1.17 bits per heavy atom. The largest absolute Gasteiger partial charge is 0.490 e. The molecule has 2 aromatic carbocycles. The van der Waals surface area contributed by atoms with Crippen LogP contribution in [-0.4, -0.2) is 19.4 Å². The highest BCUT2D eigenvalue weighted by molar-refractivity contribution is 6.32. The first-order valence-electron chi connectivity index (χ1n) is 7.56. The highest BCUT2D eigenvalue weighted by Crippen LogP contribution is 2.36. The van der Waals surface area contributed by atoms with Gasteiger partial charge in [0.05, 0.1) is 17.3 Å². The average molecular weight is 364 g/mol. The smallest absolute Gasteiger partial charge is 0.180 e. The van der Waals surface area contributed by atoms with Crippen LogP contribution in [0.15, 0.2) is 48.0 Å². The van der Waals surface area contributed by atoms with Crippen molar-refractivity contribution in [1.82, 2.24) is 0 Å². The van der Waals surface area contributed by atoms with Gasteiger partial charge in [0.1, 0.15) is 6.61 Å². The topological polar surface area (TPSA) is 30.8 Å². The van der Waals surface area contributed by atoms with Gasteiger partial charge < -0.3 is 9.47 Å². The van der Waals surface area contributed by atoms with Gasteiger partial charge >= 0.3 is 0 Å². The van der Waals surface area contributed by atoms with E-state index in [9.17, 15) is 0 Å². The van der Waals surface area contributed by atoms with Crippen LogP contribution in [0.3, 0.4) is 0 Å². The molecule has 126 valence electrons. The van der Waals surface area contributed by atoms with Crippen molar-refractivity contribution in [2.45, 2.75) is 13.8 Å². The highest BCUT2D eigenvalue weighted by atomic mass is 35.5. The molecule has 2 aromatic rings. The van der Waals surface area contributed by atoms with Crippen molar-refractivity contribution in [2.24, 2.45) is 4.99 Å². The maximum atomic E-state index is 6.32. The van der Waals surface area contributed by atoms with E-state index in [4.69, 9.17) is 32.7 Å². The number of hydrogen-bond donors (Lipinski definition) is 0. The number of halogens is 2. The van der Waals surface area contributed by atoms with Crippen LogP contribution < -0.4 is 9.47 Å². The monoisotopic (exact) mass is 363 g/mol. The van der Waals surface area contributed by atoms with Crippen molar-refractivity contribution < 1.29 is 9.47 Å². The van der Waals surface area contributed by atoms with Crippen LogP contribution in [0.1, 0.15) is 18.1 Å². The minimum absolute atomic E-state index is 0.356. The lowest BCUT2D eigenvalue weighted by molar-refractivity contribution is 0.297. The van der Waals surface area contributed by atoms with Crippen LogP contribution in [-0.2, 0) is 0 Å². The van der Waals surface area contributed by atoms with Gasteiger partial charge in [0, 0.05) is 11.2 Å². The van der Waals surface area contributed by atoms with E-state index >= 15 is 0 Å². The predicted molar refractivity (Wildman–Crippen MR) is 102 cm³/mol. The molecule has 0 atom stereocenters. The second-order valence-electron chi connectivity index (χ2n) is 5.00. The minimum Gasteiger partial charge on any atom is -0.490 e. The van der Waals surface area contributed by atoms with Crippen LogP contribution in [0.5, 0.6) is 11.5 Å². The third kappa shape index (κ3) is 4.53. The van der Waals surface area contributed by atoms with Gasteiger partial charge in [-0.1, -0.05) is 41.9 Å². The standard InChI is InChI=1S/C19H19Cl2NO2/c1-4-9-24-19-16(21)10-14(11-18(19)23-5-2)12-22-17-8-6-7-15(20)13(17)3/h4,6-8,10-12H,1,5,9H2,2-3H3. The Balaban J connectivity index is 2.35. The van der Waals surface area contributed by atoms with Gasteiger partial charge in [-0.3, -0.25) is 4.99 Å². The second-order valence-corrected chi connectivity index (χ2v) is 5.82. The fourth-order valence-electron chi connectivity index (χ4n) is 2.09. The molecule has 0 N–H and O–H groups in total. The Hall–Kier alpha value is -1.97. The first-order chi connectivity index (χ1) is 11.6. The molecule has 24 heavy (non-hydrogen) atoms. The van der Waals surface area contributed by atoms with Crippen LogP contribution in [0.2, 0.25) is 10.0 Å². The molecule has 5 heteroatoms. The van der Waals surface area contributed by atoms with Crippen molar-refractivity contribution in [3.63, 3.8) is 0 Å². The van der Waals surface area contributed by atoms with Crippen LogP contribution in [0.25, 0.3) is 0 Å². The van der Waals surface area contributed by atoms with Crippen molar-refractivity contribution >= 4 is 35.1 Å². The van der Waals surface area contributed by atoms with Gasteiger partial charge in [0.25, 0.3) is 0 Å². The number of ether oxygens (including phenoxy) is 2. The van der Waals surface area contributed by atoms with Crippen molar-refractivity contribution in [3.05, 3.63) is 64.2 Å². The molecule has 0 saturated carbocycles. The zero-order chi connectivity index (χ0) is 17.5. The summed E-state index contributed by atoms with van der Waals surface area (Å²) in [5.74, 6) is 1.09. The number of rotatable bonds is 7. The summed E-state index contributed by atoms with van der Waals surface area (Å²) in [7, 11) is 0. The molecule has 0 radical (unpaired) electrons. The molecular weight excluding hydrogens is 345 g/mol. The summed E-state index contributed by atoms with van der Waals surface area (Å²) in [4.78, 5) is 4.49. The molecule has 3 nitrogen and oxygen atoms in total. The van der Waals surface area contributed by atoms with Crippen LogP contribution >= 0.6 is 23.2 Å². The van der Waals surface area contributed by atoms with Crippen molar-refractivity contribution in [1.29, 1.82) is 0 Å². The number of aliphatic imine (C=N–C) groups is 1. The first-order valence-corrected chi connectivity index (χ1v) is 8.31. The zero-order valence-electron chi connectivity index (χ0n) is 13.7. The van der Waals surface area contributed by atoms with Crippen LogP contribution in [0, 0.1) is 6.92 Å². The molecule has 0 fully saturated rings. The molecule has 0 bridgehead atoms. The Kier molecular flexibility index (Phi) is 6.71. The lowest BCUT2D eigenvalue weighted by Gasteiger charge is -2.13. The first kappa shape index (κ1) is 18.4. The van der Waals surface area contributed by atoms with E-state index in [-0.39, 0.29) is 0 Å². The van der Waals surface area contributed by atoms with E-state index in [1.807, 2.05) is 38.1 Å². The number of hydrogen-bond acceptors (Lipinski definition) is 3. The molecule has 0 spiro atoms. The highest BCUT2D eigenvalue weighted by Gasteiger charge is 2.11. The van der Waals surface area contributed by atoms with Crippen molar-refractivity contribution in [2.75, 3.05) is 13.2 Å². The van der Waals surface area contributed by atoms with Gasteiger partial charge in [0.2, 0.25) is 0 Å². The summed E-state index contributed by atoms with van der Waals surface area (Å²) in [5.41, 5.74) is 2.55. The van der Waals surface area contributed by atoms with E-state index in [1.165, 1.54) is 0 Å². The lowest BCUT2D eigenvalue weighted by Crippen LogP contribution is -2.00. The molecule has 0 unspecified atom stereocenters.